The fourth-order valence-electron chi connectivity index (χ4n) is 3.26. The van der Waals surface area contributed by atoms with Gasteiger partial charge in [-0.15, -0.1) is 0 Å². The number of para-hydroxylation sites is 1. The van der Waals surface area contributed by atoms with Gasteiger partial charge in [-0.05, 0) is 56.1 Å². The lowest BCUT2D eigenvalue weighted by Crippen LogP contribution is -2.34. The van der Waals surface area contributed by atoms with Crippen molar-refractivity contribution in [3.05, 3.63) is 59.9 Å². The number of methoxy groups -OCH3 is 1. The highest BCUT2D eigenvalue weighted by Crippen LogP contribution is 2.26. The molecule has 3 rings (SSSR count). The van der Waals surface area contributed by atoms with E-state index in [1.807, 2.05) is 24.4 Å². The van der Waals surface area contributed by atoms with E-state index in [1.165, 1.54) is 24.1 Å². The third-order valence-corrected chi connectivity index (χ3v) is 4.58. The van der Waals surface area contributed by atoms with E-state index in [-0.39, 0.29) is 0 Å². The maximum atomic E-state index is 5.43. The Bertz CT molecular complexity index is 577. The van der Waals surface area contributed by atoms with E-state index in [0.29, 0.717) is 5.92 Å². The van der Waals surface area contributed by atoms with Crippen LogP contribution >= 0.6 is 0 Å². The molecular weight excluding hydrogens is 272 g/mol. The topological polar surface area (TPSA) is 25.4 Å². The zero-order valence-electron chi connectivity index (χ0n) is 13.2. The lowest BCUT2D eigenvalue weighted by molar-refractivity contribution is 0.212. The van der Waals surface area contributed by atoms with Crippen molar-refractivity contribution >= 4 is 0 Å². The minimum Gasteiger partial charge on any atom is -0.496 e. The summed E-state index contributed by atoms with van der Waals surface area (Å²) in [7, 11) is 1.75. The van der Waals surface area contributed by atoms with Crippen molar-refractivity contribution in [2.24, 2.45) is 0 Å². The number of ether oxygens (including phenoxy) is 1. The second-order valence-corrected chi connectivity index (χ2v) is 5.93. The number of hydrogen-bond donors (Lipinski definition) is 0. The standard InChI is InChI=1S/C19H24N2O/c1-22-19-8-3-2-6-17(19)11-15-21-13-9-16(10-14-21)18-7-4-5-12-20-18/h2-8,12,16H,9-11,13-15H2,1H3. The number of rotatable bonds is 5. The van der Waals surface area contributed by atoms with Gasteiger partial charge in [-0.25, -0.2) is 0 Å². The minimum atomic E-state index is 0.628. The molecule has 116 valence electrons. The molecule has 0 spiro atoms. The Morgan fingerprint density at radius 3 is 2.59 bits per heavy atom. The van der Waals surface area contributed by atoms with Crippen molar-refractivity contribution < 1.29 is 4.74 Å². The van der Waals surface area contributed by atoms with Gasteiger partial charge < -0.3 is 9.64 Å². The van der Waals surface area contributed by atoms with Gasteiger partial charge in [0.15, 0.2) is 0 Å². The molecule has 0 radical (unpaired) electrons. The summed E-state index contributed by atoms with van der Waals surface area (Å²) in [6.45, 7) is 3.43. The maximum absolute atomic E-state index is 5.43. The molecule has 1 saturated heterocycles. The number of nitrogens with zero attached hydrogens (tertiary/aromatic N) is 2. The quantitative estimate of drug-likeness (QED) is 0.844. The van der Waals surface area contributed by atoms with Gasteiger partial charge in [0.2, 0.25) is 0 Å². The zero-order valence-corrected chi connectivity index (χ0v) is 13.2. The number of pyridine rings is 1. The van der Waals surface area contributed by atoms with Crippen molar-refractivity contribution in [1.29, 1.82) is 0 Å². The van der Waals surface area contributed by atoms with Crippen molar-refractivity contribution in [1.82, 2.24) is 9.88 Å². The summed E-state index contributed by atoms with van der Waals surface area (Å²) in [5.74, 6) is 1.63. The van der Waals surface area contributed by atoms with Crippen LogP contribution in [0.15, 0.2) is 48.7 Å². The molecule has 0 N–H and O–H groups in total. The third kappa shape index (κ3) is 3.66. The summed E-state index contributed by atoms with van der Waals surface area (Å²) in [5, 5.41) is 0. The SMILES string of the molecule is COc1ccccc1CCN1CCC(c2ccccn2)CC1. The van der Waals surface area contributed by atoms with E-state index in [0.717, 1.165) is 31.8 Å². The monoisotopic (exact) mass is 296 g/mol. The molecule has 0 atom stereocenters. The first kappa shape index (κ1) is 15.0. The molecule has 0 saturated carbocycles. The smallest absolute Gasteiger partial charge is 0.122 e. The molecule has 1 aliphatic heterocycles. The van der Waals surface area contributed by atoms with Crippen LogP contribution in [0.4, 0.5) is 0 Å². The predicted molar refractivity (Wildman–Crippen MR) is 89.4 cm³/mol. The van der Waals surface area contributed by atoms with E-state index >= 15 is 0 Å². The van der Waals surface area contributed by atoms with Crippen LogP contribution in [0.2, 0.25) is 0 Å². The van der Waals surface area contributed by atoms with Crippen LogP contribution in [0.25, 0.3) is 0 Å². The second kappa shape index (κ2) is 7.41. The first-order valence-corrected chi connectivity index (χ1v) is 8.12. The van der Waals surface area contributed by atoms with E-state index < -0.39 is 0 Å². The Morgan fingerprint density at radius 1 is 1.09 bits per heavy atom. The largest absolute Gasteiger partial charge is 0.496 e. The lowest BCUT2D eigenvalue weighted by atomic mass is 9.93. The van der Waals surface area contributed by atoms with Gasteiger partial charge in [0.05, 0.1) is 7.11 Å². The molecule has 3 nitrogen and oxygen atoms in total. The van der Waals surface area contributed by atoms with Gasteiger partial charge in [-0.3, -0.25) is 4.98 Å². The summed E-state index contributed by atoms with van der Waals surface area (Å²) >= 11 is 0. The van der Waals surface area contributed by atoms with Gasteiger partial charge in [0.1, 0.15) is 5.75 Å². The van der Waals surface area contributed by atoms with Crippen LogP contribution < -0.4 is 4.74 Å². The highest BCUT2D eigenvalue weighted by molar-refractivity contribution is 5.33. The number of aromatic nitrogens is 1. The van der Waals surface area contributed by atoms with Crippen LogP contribution in [0, 0.1) is 0 Å². The Hall–Kier alpha value is -1.87. The zero-order chi connectivity index (χ0) is 15.2. The first-order chi connectivity index (χ1) is 10.9. The van der Waals surface area contributed by atoms with Crippen LogP contribution in [-0.2, 0) is 6.42 Å². The molecule has 0 unspecified atom stereocenters. The van der Waals surface area contributed by atoms with Gasteiger partial charge in [-0.2, -0.15) is 0 Å². The fraction of sp³-hybridized carbons (Fsp3) is 0.421. The van der Waals surface area contributed by atoms with E-state index in [4.69, 9.17) is 4.74 Å². The Kier molecular flexibility index (Phi) is 5.07. The van der Waals surface area contributed by atoms with Gasteiger partial charge in [0, 0.05) is 24.4 Å². The normalized spacial score (nSPS) is 16.6. The Labute approximate surface area is 132 Å². The molecule has 0 bridgehead atoms. The number of likely N-dealkylation sites (tertiary alicyclic amines) is 1. The molecule has 1 fully saturated rings. The predicted octanol–water partition coefficient (Wildman–Crippen LogP) is 3.51. The summed E-state index contributed by atoms with van der Waals surface area (Å²) in [5.41, 5.74) is 2.56. The average Bonchev–Trinajstić information content (AvgIpc) is 2.61. The van der Waals surface area contributed by atoms with Crippen molar-refractivity contribution in [3.8, 4) is 5.75 Å². The molecule has 1 aromatic carbocycles. The van der Waals surface area contributed by atoms with Crippen molar-refractivity contribution in [2.45, 2.75) is 25.2 Å². The molecule has 22 heavy (non-hydrogen) atoms. The molecule has 0 amide bonds. The molecule has 1 aliphatic rings. The van der Waals surface area contributed by atoms with Gasteiger partial charge >= 0.3 is 0 Å². The minimum absolute atomic E-state index is 0.628. The number of benzene rings is 1. The molecular formula is C19H24N2O. The van der Waals surface area contributed by atoms with E-state index in [9.17, 15) is 0 Å². The summed E-state index contributed by atoms with van der Waals surface area (Å²) in [6.07, 6.45) is 5.38. The molecule has 2 heterocycles. The van der Waals surface area contributed by atoms with Crippen LogP contribution in [0.3, 0.4) is 0 Å². The summed E-state index contributed by atoms with van der Waals surface area (Å²) in [6, 6.07) is 14.6. The molecule has 1 aromatic heterocycles. The molecule has 0 aliphatic carbocycles. The first-order valence-electron chi connectivity index (χ1n) is 8.12. The summed E-state index contributed by atoms with van der Waals surface area (Å²) < 4.78 is 5.43. The van der Waals surface area contributed by atoms with E-state index in [1.54, 1.807) is 7.11 Å². The van der Waals surface area contributed by atoms with Crippen LogP contribution in [0.5, 0.6) is 5.75 Å². The highest BCUT2D eigenvalue weighted by Gasteiger charge is 2.21. The van der Waals surface area contributed by atoms with Crippen LogP contribution in [0.1, 0.15) is 30.0 Å². The second-order valence-electron chi connectivity index (χ2n) is 5.93. The highest BCUT2D eigenvalue weighted by atomic mass is 16.5. The van der Waals surface area contributed by atoms with Crippen LogP contribution in [-0.4, -0.2) is 36.6 Å². The van der Waals surface area contributed by atoms with Gasteiger partial charge in [-0.1, -0.05) is 24.3 Å². The Balaban J connectivity index is 1.50. The lowest BCUT2D eigenvalue weighted by Gasteiger charge is -2.31. The van der Waals surface area contributed by atoms with Crippen molar-refractivity contribution in [2.75, 3.05) is 26.7 Å². The molecule has 2 aromatic rings. The third-order valence-electron chi connectivity index (χ3n) is 4.58. The fourth-order valence-corrected chi connectivity index (χ4v) is 3.26. The van der Waals surface area contributed by atoms with Crippen molar-refractivity contribution in [3.63, 3.8) is 0 Å². The van der Waals surface area contributed by atoms with E-state index in [2.05, 4.69) is 34.1 Å². The maximum Gasteiger partial charge on any atom is 0.122 e. The number of hydrogen-bond acceptors (Lipinski definition) is 3. The molecule has 3 heteroatoms. The number of piperidine rings is 1. The summed E-state index contributed by atoms with van der Waals surface area (Å²) in [4.78, 5) is 7.07. The average molecular weight is 296 g/mol. The Morgan fingerprint density at radius 2 is 1.86 bits per heavy atom. The van der Waals surface area contributed by atoms with Gasteiger partial charge in [0.25, 0.3) is 0 Å².